The average Bonchev–Trinajstić information content (AvgIpc) is 3.03. The lowest BCUT2D eigenvalue weighted by molar-refractivity contribution is -0.143. The number of rotatable bonds is 9. The highest BCUT2D eigenvalue weighted by Crippen LogP contribution is 2.08. The summed E-state index contributed by atoms with van der Waals surface area (Å²) in [6.07, 6.45) is 3.90. The van der Waals surface area contributed by atoms with E-state index in [1.165, 1.54) is 13.3 Å². The molecule has 0 unspecified atom stereocenters. The fourth-order valence-electron chi connectivity index (χ4n) is 2.07. The zero-order valence-corrected chi connectivity index (χ0v) is 14.1. The van der Waals surface area contributed by atoms with E-state index in [2.05, 4.69) is 20.6 Å². The SMILES string of the molecule is CC[C@H](C)[C@H](NC(=O)[C@H](C)NC(=O)[C@@H](N)Cc1cnc[nH]1)C(=O)O. The van der Waals surface area contributed by atoms with Crippen molar-refractivity contribution < 1.29 is 19.5 Å². The summed E-state index contributed by atoms with van der Waals surface area (Å²) in [4.78, 5) is 42.0. The van der Waals surface area contributed by atoms with Crippen LogP contribution in [0.5, 0.6) is 0 Å². The van der Waals surface area contributed by atoms with Crippen LogP contribution in [0, 0.1) is 5.92 Å². The summed E-state index contributed by atoms with van der Waals surface area (Å²) in [6.45, 7) is 5.06. The van der Waals surface area contributed by atoms with Gasteiger partial charge in [0.1, 0.15) is 12.1 Å². The summed E-state index contributed by atoms with van der Waals surface area (Å²) in [6, 6.07) is -2.73. The summed E-state index contributed by atoms with van der Waals surface area (Å²) in [7, 11) is 0. The van der Waals surface area contributed by atoms with Crippen molar-refractivity contribution in [1.29, 1.82) is 0 Å². The number of carboxylic acid groups (broad SMARTS) is 1. The number of hydrogen-bond acceptors (Lipinski definition) is 5. The van der Waals surface area contributed by atoms with Crippen LogP contribution in [-0.4, -0.2) is 51.0 Å². The minimum Gasteiger partial charge on any atom is -0.480 e. The Morgan fingerprint density at radius 1 is 1.29 bits per heavy atom. The second-order valence-corrected chi connectivity index (χ2v) is 5.83. The van der Waals surface area contributed by atoms with E-state index in [0.717, 1.165) is 0 Å². The zero-order chi connectivity index (χ0) is 18.3. The number of aliphatic carboxylic acids is 1. The van der Waals surface area contributed by atoms with Gasteiger partial charge in [0.25, 0.3) is 0 Å². The fourth-order valence-corrected chi connectivity index (χ4v) is 2.07. The molecule has 4 atom stereocenters. The maximum absolute atomic E-state index is 12.1. The number of H-pyrrole nitrogens is 1. The third-order valence-corrected chi connectivity index (χ3v) is 3.86. The van der Waals surface area contributed by atoms with Gasteiger partial charge in [-0.1, -0.05) is 20.3 Å². The van der Waals surface area contributed by atoms with Gasteiger partial charge >= 0.3 is 5.97 Å². The van der Waals surface area contributed by atoms with E-state index in [0.29, 0.717) is 12.1 Å². The summed E-state index contributed by atoms with van der Waals surface area (Å²) in [5, 5.41) is 14.1. The zero-order valence-electron chi connectivity index (χ0n) is 14.1. The number of carboxylic acids is 1. The molecule has 0 aromatic carbocycles. The lowest BCUT2D eigenvalue weighted by Gasteiger charge is -2.23. The van der Waals surface area contributed by atoms with Gasteiger partial charge in [-0.05, 0) is 12.8 Å². The van der Waals surface area contributed by atoms with Crippen molar-refractivity contribution in [1.82, 2.24) is 20.6 Å². The van der Waals surface area contributed by atoms with Crippen molar-refractivity contribution in [3.63, 3.8) is 0 Å². The highest BCUT2D eigenvalue weighted by molar-refractivity contribution is 5.91. The molecular formula is C15H25N5O4. The van der Waals surface area contributed by atoms with Gasteiger partial charge < -0.3 is 26.5 Å². The van der Waals surface area contributed by atoms with E-state index >= 15 is 0 Å². The molecule has 1 heterocycles. The molecule has 134 valence electrons. The number of nitrogens with zero attached hydrogens (tertiary/aromatic N) is 1. The Kier molecular flexibility index (Phi) is 7.37. The number of imidazole rings is 1. The molecule has 2 amide bonds. The van der Waals surface area contributed by atoms with Crippen LogP contribution in [0.15, 0.2) is 12.5 Å². The summed E-state index contributed by atoms with van der Waals surface area (Å²) in [5.41, 5.74) is 6.50. The normalized spacial score (nSPS) is 15.8. The highest BCUT2D eigenvalue weighted by atomic mass is 16.4. The maximum Gasteiger partial charge on any atom is 0.326 e. The first-order chi connectivity index (χ1) is 11.3. The minimum atomic E-state index is -1.10. The number of carbonyl (C=O) groups is 3. The first-order valence-electron chi connectivity index (χ1n) is 7.82. The molecule has 0 aliphatic rings. The van der Waals surface area contributed by atoms with Crippen LogP contribution in [0.3, 0.4) is 0 Å². The Labute approximate surface area is 140 Å². The van der Waals surface area contributed by atoms with Crippen LogP contribution in [0.25, 0.3) is 0 Å². The predicted octanol–water partition coefficient (Wildman–Crippen LogP) is -0.600. The van der Waals surface area contributed by atoms with E-state index < -0.39 is 35.9 Å². The Hall–Kier alpha value is -2.42. The molecule has 1 aromatic heterocycles. The van der Waals surface area contributed by atoms with Gasteiger partial charge in [-0.2, -0.15) is 0 Å². The number of nitrogens with two attached hydrogens (primary N) is 1. The van der Waals surface area contributed by atoms with Gasteiger partial charge in [-0.25, -0.2) is 9.78 Å². The molecule has 24 heavy (non-hydrogen) atoms. The number of hydrogen-bond donors (Lipinski definition) is 5. The third-order valence-electron chi connectivity index (χ3n) is 3.86. The highest BCUT2D eigenvalue weighted by Gasteiger charge is 2.28. The number of aromatic amines is 1. The number of aromatic nitrogens is 2. The van der Waals surface area contributed by atoms with Gasteiger partial charge in [-0.3, -0.25) is 9.59 Å². The van der Waals surface area contributed by atoms with Crippen LogP contribution in [0.1, 0.15) is 32.9 Å². The third kappa shape index (κ3) is 5.65. The Morgan fingerprint density at radius 3 is 2.46 bits per heavy atom. The van der Waals surface area contributed by atoms with Gasteiger partial charge in [-0.15, -0.1) is 0 Å². The molecule has 0 saturated carbocycles. The lowest BCUT2D eigenvalue weighted by Crippen LogP contribution is -2.54. The molecule has 1 rings (SSSR count). The molecule has 0 aliphatic carbocycles. The topological polar surface area (TPSA) is 150 Å². The van der Waals surface area contributed by atoms with Crippen molar-refractivity contribution in [2.75, 3.05) is 0 Å². The van der Waals surface area contributed by atoms with Crippen molar-refractivity contribution in [2.45, 2.75) is 51.7 Å². The van der Waals surface area contributed by atoms with E-state index in [9.17, 15) is 19.5 Å². The van der Waals surface area contributed by atoms with E-state index in [1.807, 2.05) is 6.92 Å². The summed E-state index contributed by atoms with van der Waals surface area (Å²) < 4.78 is 0. The monoisotopic (exact) mass is 339 g/mol. The van der Waals surface area contributed by atoms with E-state index in [4.69, 9.17) is 5.73 Å². The average molecular weight is 339 g/mol. The molecule has 1 aromatic rings. The van der Waals surface area contributed by atoms with Crippen molar-refractivity contribution in [3.05, 3.63) is 18.2 Å². The van der Waals surface area contributed by atoms with Crippen LogP contribution < -0.4 is 16.4 Å². The second-order valence-electron chi connectivity index (χ2n) is 5.83. The summed E-state index contributed by atoms with van der Waals surface area (Å²) in [5.74, 6) is -2.39. The first-order valence-corrected chi connectivity index (χ1v) is 7.82. The second kappa shape index (κ2) is 9.02. The molecule has 0 aliphatic heterocycles. The van der Waals surface area contributed by atoms with E-state index in [-0.39, 0.29) is 12.3 Å². The Bertz CT molecular complexity index is 560. The van der Waals surface area contributed by atoms with Gasteiger partial charge in [0.2, 0.25) is 11.8 Å². The Morgan fingerprint density at radius 2 is 1.96 bits per heavy atom. The smallest absolute Gasteiger partial charge is 0.326 e. The molecule has 0 saturated heterocycles. The molecule has 0 fully saturated rings. The van der Waals surface area contributed by atoms with Gasteiger partial charge in [0.05, 0.1) is 12.4 Å². The molecule has 0 bridgehead atoms. The van der Waals surface area contributed by atoms with Crippen LogP contribution >= 0.6 is 0 Å². The molecule has 0 radical (unpaired) electrons. The van der Waals surface area contributed by atoms with Gasteiger partial charge in [0, 0.05) is 18.3 Å². The molecule has 9 heteroatoms. The number of carbonyl (C=O) groups excluding carboxylic acids is 2. The molecule has 0 spiro atoms. The predicted molar refractivity (Wildman–Crippen MR) is 86.9 cm³/mol. The van der Waals surface area contributed by atoms with Crippen LogP contribution in [0.4, 0.5) is 0 Å². The van der Waals surface area contributed by atoms with Crippen LogP contribution in [0.2, 0.25) is 0 Å². The quantitative estimate of drug-likeness (QED) is 0.405. The standard InChI is InChI=1S/C15H25N5O4/c1-4-8(2)12(15(23)24)20-13(21)9(3)19-14(22)11(16)5-10-6-17-7-18-10/h6-9,11-12H,4-5,16H2,1-3H3,(H,17,18)(H,19,22)(H,20,21)(H,23,24)/t8-,9-,11-,12-/m0/s1. The Balaban J connectivity index is 2.55. The first kappa shape index (κ1) is 19.6. The van der Waals surface area contributed by atoms with Crippen molar-refractivity contribution >= 4 is 17.8 Å². The number of nitrogens with one attached hydrogen (secondary N) is 3. The van der Waals surface area contributed by atoms with E-state index in [1.54, 1.807) is 13.1 Å². The molecule has 9 nitrogen and oxygen atoms in total. The lowest BCUT2D eigenvalue weighted by atomic mass is 9.99. The van der Waals surface area contributed by atoms with Crippen LogP contribution in [-0.2, 0) is 20.8 Å². The van der Waals surface area contributed by atoms with Crippen molar-refractivity contribution in [2.24, 2.45) is 11.7 Å². The maximum atomic E-state index is 12.1. The number of amides is 2. The van der Waals surface area contributed by atoms with Crippen molar-refractivity contribution in [3.8, 4) is 0 Å². The summed E-state index contributed by atoms with van der Waals surface area (Å²) >= 11 is 0. The molecular weight excluding hydrogens is 314 g/mol. The molecule has 6 N–H and O–H groups in total. The largest absolute Gasteiger partial charge is 0.480 e. The minimum absolute atomic E-state index is 0.225. The fraction of sp³-hybridized carbons (Fsp3) is 0.600. The van der Waals surface area contributed by atoms with Gasteiger partial charge in [0.15, 0.2) is 0 Å².